The van der Waals surface area contributed by atoms with E-state index in [9.17, 15) is 0 Å². The molecule has 1 heteroatoms. The Bertz CT molecular complexity index is 1030. The molecule has 0 nitrogen and oxygen atoms in total. The summed E-state index contributed by atoms with van der Waals surface area (Å²) in [7, 11) is -2.02. The van der Waals surface area contributed by atoms with Gasteiger partial charge in [-0.15, -0.1) is 0 Å². The molecule has 3 aromatic rings. The smallest absolute Gasteiger partial charge is 0.0794 e. The summed E-state index contributed by atoms with van der Waals surface area (Å²) < 4.78 is 0. The molecule has 0 saturated carbocycles. The van der Waals surface area contributed by atoms with Gasteiger partial charge in [-0.1, -0.05) is 124 Å². The van der Waals surface area contributed by atoms with Crippen molar-refractivity contribution in [2.24, 2.45) is 0 Å². The fourth-order valence-electron chi connectivity index (χ4n) is 4.98. The summed E-state index contributed by atoms with van der Waals surface area (Å²) in [5.74, 6) is 0. The van der Waals surface area contributed by atoms with Crippen molar-refractivity contribution in [3.05, 3.63) is 118 Å². The molecule has 0 saturated heterocycles. The van der Waals surface area contributed by atoms with E-state index in [1.807, 2.05) is 0 Å². The van der Waals surface area contributed by atoms with Crippen molar-refractivity contribution in [3.8, 4) is 0 Å². The molecule has 0 amide bonds. The second-order valence-electron chi connectivity index (χ2n) is 9.24. The van der Waals surface area contributed by atoms with Crippen LogP contribution in [-0.4, -0.2) is 8.07 Å². The molecule has 1 atom stereocenters. The zero-order valence-corrected chi connectivity index (χ0v) is 19.9. The van der Waals surface area contributed by atoms with Crippen molar-refractivity contribution in [2.45, 2.75) is 46.2 Å². The van der Waals surface area contributed by atoms with Crippen LogP contribution < -0.4 is 10.4 Å². The molecule has 0 aliphatic heterocycles. The number of allylic oxidation sites excluding steroid dienone is 4. The van der Waals surface area contributed by atoms with Crippen molar-refractivity contribution in [1.29, 1.82) is 0 Å². The molecule has 0 aromatic heterocycles. The van der Waals surface area contributed by atoms with Crippen LogP contribution in [0.2, 0.25) is 12.1 Å². The maximum atomic E-state index is 2.56. The second kappa shape index (κ2) is 8.24. The SMILES string of the molecule is Cc1cc(C)cc([Si](C)(c2cc(C)cc(C)c2)C2C=CC(Cc3ccccc3)=C2)c1. The number of aryl methyl sites for hydroxylation is 4. The van der Waals surface area contributed by atoms with Gasteiger partial charge in [-0.2, -0.15) is 0 Å². The number of hydrogen-bond acceptors (Lipinski definition) is 0. The lowest BCUT2D eigenvalue weighted by atomic mass is 10.1. The Labute approximate surface area is 183 Å². The molecule has 1 unspecified atom stereocenters. The molecule has 0 spiro atoms. The first-order valence-corrected chi connectivity index (χ1v) is 13.5. The van der Waals surface area contributed by atoms with Gasteiger partial charge >= 0.3 is 0 Å². The Morgan fingerprint density at radius 2 is 1.20 bits per heavy atom. The van der Waals surface area contributed by atoms with E-state index in [0.29, 0.717) is 5.54 Å². The van der Waals surface area contributed by atoms with Gasteiger partial charge < -0.3 is 0 Å². The average Bonchev–Trinajstić information content (AvgIpc) is 3.15. The zero-order chi connectivity index (χ0) is 21.3. The highest BCUT2D eigenvalue weighted by Gasteiger charge is 2.39. The molecule has 0 radical (unpaired) electrons. The predicted octanol–water partition coefficient (Wildman–Crippen LogP) is 6.22. The van der Waals surface area contributed by atoms with Crippen molar-refractivity contribution in [2.75, 3.05) is 0 Å². The van der Waals surface area contributed by atoms with Crippen LogP contribution in [-0.2, 0) is 6.42 Å². The van der Waals surface area contributed by atoms with Crippen LogP contribution in [0.15, 0.2) is 90.5 Å². The van der Waals surface area contributed by atoms with Crippen LogP contribution in [0, 0.1) is 27.7 Å². The molecular weight excluding hydrogens is 376 g/mol. The third-order valence-electron chi connectivity index (χ3n) is 6.47. The summed E-state index contributed by atoms with van der Waals surface area (Å²) in [6, 6.07) is 25.2. The third-order valence-corrected chi connectivity index (χ3v) is 11.1. The van der Waals surface area contributed by atoms with Crippen LogP contribution in [0.25, 0.3) is 0 Å². The highest BCUT2D eigenvalue weighted by molar-refractivity contribution is 7.03. The quantitative estimate of drug-likeness (QED) is 0.440. The minimum absolute atomic E-state index is 0.471. The van der Waals surface area contributed by atoms with Crippen molar-refractivity contribution in [3.63, 3.8) is 0 Å². The molecule has 0 N–H and O–H groups in total. The van der Waals surface area contributed by atoms with E-state index in [-0.39, 0.29) is 0 Å². The summed E-state index contributed by atoms with van der Waals surface area (Å²) in [4.78, 5) is 0. The second-order valence-corrected chi connectivity index (χ2v) is 13.5. The lowest BCUT2D eigenvalue weighted by molar-refractivity contribution is 1.19. The fraction of sp³-hybridized carbons (Fsp3) is 0.241. The molecule has 152 valence electrons. The Morgan fingerprint density at radius 3 is 1.70 bits per heavy atom. The lowest BCUT2D eigenvalue weighted by Gasteiger charge is -2.34. The largest absolute Gasteiger partial charge is 0.125 e. The highest BCUT2D eigenvalue weighted by Crippen LogP contribution is 2.33. The summed E-state index contributed by atoms with van der Waals surface area (Å²) in [5, 5.41) is 3.08. The summed E-state index contributed by atoms with van der Waals surface area (Å²) in [6.45, 7) is 11.5. The summed E-state index contributed by atoms with van der Waals surface area (Å²) in [6.07, 6.45) is 8.40. The maximum absolute atomic E-state index is 2.56. The maximum Gasteiger partial charge on any atom is 0.125 e. The van der Waals surface area contributed by atoms with Gasteiger partial charge in [0.15, 0.2) is 0 Å². The van der Waals surface area contributed by atoms with Gasteiger partial charge in [-0.25, -0.2) is 0 Å². The van der Waals surface area contributed by atoms with Crippen molar-refractivity contribution < 1.29 is 0 Å². The van der Waals surface area contributed by atoms with Crippen LogP contribution >= 0.6 is 0 Å². The van der Waals surface area contributed by atoms with E-state index in [1.54, 1.807) is 0 Å². The monoisotopic (exact) mass is 408 g/mol. The molecule has 3 aromatic carbocycles. The minimum Gasteiger partial charge on any atom is -0.0794 e. The first kappa shape index (κ1) is 20.6. The highest BCUT2D eigenvalue weighted by atomic mass is 28.3. The number of hydrogen-bond donors (Lipinski definition) is 0. The first-order valence-electron chi connectivity index (χ1n) is 10.9. The van der Waals surface area contributed by atoms with Crippen molar-refractivity contribution in [1.82, 2.24) is 0 Å². The van der Waals surface area contributed by atoms with Crippen LogP contribution in [0.3, 0.4) is 0 Å². The van der Waals surface area contributed by atoms with E-state index in [2.05, 4.69) is 119 Å². The molecule has 0 fully saturated rings. The van der Waals surface area contributed by atoms with Gasteiger partial charge in [0.25, 0.3) is 0 Å². The Balaban J connectivity index is 1.81. The molecule has 1 aliphatic carbocycles. The number of rotatable bonds is 5. The van der Waals surface area contributed by atoms with Crippen molar-refractivity contribution >= 4 is 18.4 Å². The predicted molar refractivity (Wildman–Crippen MR) is 134 cm³/mol. The Kier molecular flexibility index (Phi) is 5.66. The van der Waals surface area contributed by atoms with Gasteiger partial charge in [0.2, 0.25) is 0 Å². The van der Waals surface area contributed by atoms with Gasteiger partial charge in [-0.3, -0.25) is 0 Å². The van der Waals surface area contributed by atoms with Crippen LogP contribution in [0.1, 0.15) is 27.8 Å². The minimum atomic E-state index is -2.02. The fourth-order valence-corrected chi connectivity index (χ4v) is 9.22. The molecule has 30 heavy (non-hydrogen) atoms. The van der Waals surface area contributed by atoms with Gasteiger partial charge in [0.1, 0.15) is 8.07 Å². The van der Waals surface area contributed by atoms with E-state index < -0.39 is 8.07 Å². The first-order chi connectivity index (χ1) is 14.3. The van der Waals surface area contributed by atoms with E-state index in [0.717, 1.165) is 6.42 Å². The normalized spacial score (nSPS) is 16.0. The van der Waals surface area contributed by atoms with Gasteiger partial charge in [0, 0.05) is 0 Å². The molecular formula is C29H32Si. The summed E-state index contributed by atoms with van der Waals surface area (Å²) >= 11 is 0. The molecule has 4 rings (SSSR count). The van der Waals surface area contributed by atoms with E-state index in [1.165, 1.54) is 43.8 Å². The zero-order valence-electron chi connectivity index (χ0n) is 18.9. The lowest BCUT2D eigenvalue weighted by Crippen LogP contribution is -2.58. The summed E-state index contributed by atoms with van der Waals surface area (Å²) in [5.41, 5.74) is 8.76. The topological polar surface area (TPSA) is 0 Å². The standard InChI is InChI=1S/C29H32Si/c1-21-13-22(2)16-28(15-21)30(5,29-17-23(3)14-24(4)18-29)27-12-11-26(20-27)19-25-9-7-6-8-10-25/h6-18,20,27H,19H2,1-5H3. The van der Waals surface area contributed by atoms with E-state index in [4.69, 9.17) is 0 Å². The Hall–Kier alpha value is -2.64. The molecule has 0 bridgehead atoms. The Morgan fingerprint density at radius 1 is 0.700 bits per heavy atom. The van der Waals surface area contributed by atoms with Gasteiger partial charge in [-0.05, 0) is 50.8 Å². The van der Waals surface area contributed by atoms with Gasteiger partial charge in [0.05, 0.1) is 0 Å². The van der Waals surface area contributed by atoms with Crippen LogP contribution in [0.4, 0.5) is 0 Å². The average molecular weight is 409 g/mol. The van der Waals surface area contributed by atoms with Crippen LogP contribution in [0.5, 0.6) is 0 Å². The number of benzene rings is 3. The third kappa shape index (κ3) is 4.13. The molecule has 1 aliphatic rings. The molecule has 0 heterocycles. The van der Waals surface area contributed by atoms with E-state index >= 15 is 0 Å².